The molecular weight excluding hydrogens is 356 g/mol. The lowest BCUT2D eigenvalue weighted by Crippen LogP contribution is -2.13. The largest absolute Gasteiger partial charge is 0.505 e. The van der Waals surface area contributed by atoms with E-state index < -0.39 is 0 Å². The first-order valence-corrected chi connectivity index (χ1v) is 9.15. The molecular formula is C23H19ClN2O. The van der Waals surface area contributed by atoms with Gasteiger partial charge >= 0.3 is 0 Å². The lowest BCUT2D eigenvalue weighted by molar-refractivity contribution is 0.472. The van der Waals surface area contributed by atoms with Gasteiger partial charge in [-0.2, -0.15) is 0 Å². The van der Waals surface area contributed by atoms with E-state index in [9.17, 15) is 5.11 Å². The smallest absolute Gasteiger partial charge is 0.147 e. The number of anilines is 1. The molecule has 0 spiro atoms. The van der Waals surface area contributed by atoms with Crippen molar-refractivity contribution in [2.24, 2.45) is 0 Å². The number of fused-ring (bicyclic) bond motifs is 1. The Labute approximate surface area is 163 Å². The van der Waals surface area contributed by atoms with E-state index in [-0.39, 0.29) is 11.8 Å². The summed E-state index contributed by atoms with van der Waals surface area (Å²) < 4.78 is 0. The predicted molar refractivity (Wildman–Crippen MR) is 112 cm³/mol. The Balaban J connectivity index is 1.85. The normalized spacial score (nSPS) is 12.1. The Kier molecular flexibility index (Phi) is 4.69. The van der Waals surface area contributed by atoms with Crippen LogP contribution in [0.3, 0.4) is 0 Å². The van der Waals surface area contributed by atoms with Crippen LogP contribution in [-0.2, 0) is 0 Å². The number of nitrogens with one attached hydrogen (secondary N) is 1. The molecule has 3 aromatic carbocycles. The molecule has 27 heavy (non-hydrogen) atoms. The summed E-state index contributed by atoms with van der Waals surface area (Å²) in [6.45, 7) is 2.01. The molecule has 0 saturated heterocycles. The van der Waals surface area contributed by atoms with Crippen LogP contribution in [0.5, 0.6) is 5.75 Å². The molecule has 1 atom stereocenters. The lowest BCUT2D eigenvalue weighted by atomic mass is 9.95. The number of aromatic nitrogens is 1. The van der Waals surface area contributed by atoms with Gasteiger partial charge in [-0.05, 0) is 42.3 Å². The van der Waals surface area contributed by atoms with Gasteiger partial charge in [0.2, 0.25) is 0 Å². The van der Waals surface area contributed by atoms with E-state index >= 15 is 0 Å². The number of benzene rings is 3. The van der Waals surface area contributed by atoms with Crippen LogP contribution in [0.15, 0.2) is 79.0 Å². The highest BCUT2D eigenvalue weighted by Gasteiger charge is 2.20. The fourth-order valence-electron chi connectivity index (χ4n) is 3.31. The zero-order valence-corrected chi connectivity index (χ0v) is 15.6. The zero-order valence-electron chi connectivity index (χ0n) is 14.9. The van der Waals surface area contributed by atoms with E-state index in [1.54, 1.807) is 6.20 Å². The van der Waals surface area contributed by atoms with Crippen molar-refractivity contribution in [3.63, 3.8) is 0 Å². The van der Waals surface area contributed by atoms with Gasteiger partial charge < -0.3 is 10.4 Å². The van der Waals surface area contributed by atoms with Gasteiger partial charge in [0.15, 0.2) is 0 Å². The van der Waals surface area contributed by atoms with Crippen LogP contribution in [0.25, 0.3) is 10.9 Å². The third kappa shape index (κ3) is 3.46. The molecule has 3 nitrogen and oxygen atoms in total. The first kappa shape index (κ1) is 17.4. The van der Waals surface area contributed by atoms with Crippen molar-refractivity contribution in [3.05, 3.63) is 101 Å². The fourth-order valence-corrected chi connectivity index (χ4v) is 3.54. The van der Waals surface area contributed by atoms with Gasteiger partial charge in [0.1, 0.15) is 11.3 Å². The maximum atomic E-state index is 10.9. The first-order valence-electron chi connectivity index (χ1n) is 8.78. The van der Waals surface area contributed by atoms with Crippen LogP contribution in [0.1, 0.15) is 22.7 Å². The van der Waals surface area contributed by atoms with Crippen LogP contribution in [0, 0.1) is 6.92 Å². The Bertz CT molecular complexity index is 1100. The molecule has 0 saturated carbocycles. The molecule has 2 N–H and O–H groups in total. The second-order valence-electron chi connectivity index (χ2n) is 6.53. The van der Waals surface area contributed by atoms with Gasteiger partial charge in [0, 0.05) is 27.9 Å². The van der Waals surface area contributed by atoms with Crippen LogP contribution < -0.4 is 5.32 Å². The summed E-state index contributed by atoms with van der Waals surface area (Å²) in [6, 6.07) is 23.3. The summed E-state index contributed by atoms with van der Waals surface area (Å²) in [6.07, 6.45) is 1.69. The number of aryl methyl sites for hydroxylation is 1. The molecule has 1 heterocycles. The number of rotatable bonds is 4. The fraction of sp³-hybridized carbons (Fsp3) is 0.0870. The molecule has 4 aromatic rings. The van der Waals surface area contributed by atoms with Gasteiger partial charge in [-0.25, -0.2) is 0 Å². The molecule has 4 rings (SSSR count). The van der Waals surface area contributed by atoms with Gasteiger partial charge in [0.25, 0.3) is 0 Å². The molecule has 0 radical (unpaired) electrons. The minimum Gasteiger partial charge on any atom is -0.505 e. The minimum absolute atomic E-state index is 0.195. The highest BCUT2D eigenvalue weighted by atomic mass is 35.5. The van der Waals surface area contributed by atoms with Crippen molar-refractivity contribution < 1.29 is 5.11 Å². The predicted octanol–water partition coefficient (Wildman–Crippen LogP) is 6.10. The Morgan fingerprint density at radius 1 is 0.963 bits per heavy atom. The summed E-state index contributed by atoms with van der Waals surface area (Å²) in [4.78, 5) is 4.36. The van der Waals surface area contributed by atoms with Gasteiger partial charge in [0.05, 0.1) is 6.04 Å². The number of hydrogen-bond donors (Lipinski definition) is 2. The summed E-state index contributed by atoms with van der Waals surface area (Å²) in [5.41, 5.74) is 4.44. The van der Waals surface area contributed by atoms with E-state index in [1.807, 2.05) is 79.7 Å². The topological polar surface area (TPSA) is 45.2 Å². The van der Waals surface area contributed by atoms with E-state index in [4.69, 9.17) is 11.6 Å². The summed E-state index contributed by atoms with van der Waals surface area (Å²) >= 11 is 6.10. The van der Waals surface area contributed by atoms with Crippen molar-refractivity contribution in [2.45, 2.75) is 13.0 Å². The summed E-state index contributed by atoms with van der Waals surface area (Å²) in [5, 5.41) is 16.1. The monoisotopic (exact) mass is 374 g/mol. The van der Waals surface area contributed by atoms with E-state index in [2.05, 4.69) is 10.3 Å². The van der Waals surface area contributed by atoms with Crippen LogP contribution in [0.2, 0.25) is 5.02 Å². The van der Waals surface area contributed by atoms with Gasteiger partial charge in [-0.1, -0.05) is 60.1 Å². The van der Waals surface area contributed by atoms with Crippen molar-refractivity contribution in [1.82, 2.24) is 4.98 Å². The van der Waals surface area contributed by atoms with Crippen LogP contribution in [0.4, 0.5) is 5.69 Å². The molecule has 0 amide bonds. The molecule has 4 heteroatoms. The molecule has 0 fully saturated rings. The lowest BCUT2D eigenvalue weighted by Gasteiger charge is -2.23. The quantitative estimate of drug-likeness (QED) is 0.453. The second kappa shape index (κ2) is 7.29. The van der Waals surface area contributed by atoms with Gasteiger partial charge in [-0.3, -0.25) is 4.98 Å². The van der Waals surface area contributed by atoms with E-state index in [0.29, 0.717) is 10.5 Å². The molecule has 0 aliphatic heterocycles. The van der Waals surface area contributed by atoms with Crippen molar-refractivity contribution >= 4 is 28.2 Å². The average molecular weight is 375 g/mol. The third-order valence-corrected chi connectivity index (χ3v) is 4.95. The van der Waals surface area contributed by atoms with Crippen molar-refractivity contribution in [2.75, 3.05) is 5.32 Å². The Hall–Kier alpha value is -3.04. The van der Waals surface area contributed by atoms with Crippen molar-refractivity contribution in [3.8, 4) is 5.75 Å². The number of hydrogen-bond acceptors (Lipinski definition) is 3. The number of pyridine rings is 1. The molecule has 134 valence electrons. The first-order chi connectivity index (χ1) is 13.1. The number of phenolic OH excluding ortho intramolecular Hbond substituents is 1. The standard InChI is InChI=1S/C23H19ClN2O/c1-15-14-18(24)10-12-20(15)26-21(16-6-3-2-4-7-16)19-11-9-17-8-5-13-25-22(17)23(19)27/h2-14,21,26-27H,1H3. The minimum atomic E-state index is -0.225. The Morgan fingerprint density at radius 2 is 1.78 bits per heavy atom. The number of aromatic hydroxyl groups is 1. The average Bonchev–Trinajstić information content (AvgIpc) is 2.69. The number of halogens is 1. The molecule has 1 unspecified atom stereocenters. The summed E-state index contributed by atoms with van der Waals surface area (Å²) in [7, 11) is 0. The third-order valence-electron chi connectivity index (χ3n) is 4.71. The van der Waals surface area contributed by atoms with Crippen molar-refractivity contribution in [1.29, 1.82) is 0 Å². The number of nitrogens with zero attached hydrogens (tertiary/aromatic N) is 1. The maximum Gasteiger partial charge on any atom is 0.147 e. The molecule has 0 aliphatic rings. The highest BCUT2D eigenvalue weighted by molar-refractivity contribution is 6.30. The Morgan fingerprint density at radius 3 is 2.56 bits per heavy atom. The summed E-state index contributed by atoms with van der Waals surface area (Å²) in [5.74, 6) is 0.195. The van der Waals surface area contributed by atoms with E-state index in [0.717, 1.165) is 27.8 Å². The maximum absolute atomic E-state index is 10.9. The van der Waals surface area contributed by atoms with Crippen LogP contribution >= 0.6 is 11.6 Å². The van der Waals surface area contributed by atoms with Crippen LogP contribution in [-0.4, -0.2) is 10.1 Å². The highest BCUT2D eigenvalue weighted by Crippen LogP contribution is 2.37. The van der Waals surface area contributed by atoms with E-state index in [1.165, 1.54) is 0 Å². The second-order valence-corrected chi connectivity index (χ2v) is 6.96. The molecule has 0 bridgehead atoms. The van der Waals surface area contributed by atoms with Gasteiger partial charge in [-0.15, -0.1) is 0 Å². The number of phenols is 1. The molecule has 0 aliphatic carbocycles. The molecule has 1 aromatic heterocycles. The zero-order chi connectivity index (χ0) is 18.8. The SMILES string of the molecule is Cc1cc(Cl)ccc1NC(c1ccccc1)c1ccc2cccnc2c1O.